The van der Waals surface area contributed by atoms with Gasteiger partial charge in [0.2, 0.25) is 5.91 Å². The van der Waals surface area contributed by atoms with Crippen LogP contribution in [0.4, 0.5) is 0 Å². The third kappa shape index (κ3) is 4.71. The van der Waals surface area contributed by atoms with Crippen LogP contribution in [-0.2, 0) is 32.4 Å². The Labute approximate surface area is 175 Å². The van der Waals surface area contributed by atoms with Crippen molar-refractivity contribution >= 4 is 27.3 Å². The van der Waals surface area contributed by atoms with Gasteiger partial charge in [-0.2, -0.15) is 4.31 Å². The lowest BCUT2D eigenvalue weighted by molar-refractivity contribution is -0.120. The predicted octanol–water partition coefficient (Wildman–Crippen LogP) is 2.55. The molecule has 1 N–H and O–H groups in total. The first-order valence-corrected chi connectivity index (χ1v) is 12.3. The summed E-state index contributed by atoms with van der Waals surface area (Å²) in [6.07, 6.45) is 3.54. The third-order valence-corrected chi connectivity index (χ3v) is 9.03. The maximum absolute atomic E-state index is 12.7. The minimum absolute atomic E-state index is 0.0646. The Balaban J connectivity index is 1.34. The molecule has 1 aromatic carbocycles. The van der Waals surface area contributed by atoms with Gasteiger partial charge in [-0.3, -0.25) is 4.79 Å². The molecule has 0 spiro atoms. The number of amides is 1. The molecule has 2 heterocycles. The van der Waals surface area contributed by atoms with Gasteiger partial charge in [0.05, 0.1) is 19.6 Å². The summed E-state index contributed by atoms with van der Waals surface area (Å²) in [5.74, 6) is 0.287. The number of carbonyl (C=O) groups is 1. The lowest BCUT2D eigenvalue weighted by Crippen LogP contribution is -2.40. The molecule has 1 fully saturated rings. The van der Waals surface area contributed by atoms with Crippen LogP contribution in [0, 0.1) is 0 Å². The standard InChI is InChI=1S/C21H26N2O4S2/c24-20(22-15-17-6-3-5-16-4-1-2-7-19(16)17)14-18-8-9-21(28-18)29(25,26)23-10-12-27-13-11-23/h1-2,4,7-9,17H,3,5-6,10-15H2,(H,22,24)/t17-/m0/s1. The number of carbonyl (C=O) groups excluding carboxylic acids is 1. The molecular weight excluding hydrogens is 408 g/mol. The number of hydrogen-bond acceptors (Lipinski definition) is 5. The van der Waals surface area contributed by atoms with Crippen molar-refractivity contribution in [2.75, 3.05) is 32.8 Å². The highest BCUT2D eigenvalue weighted by Crippen LogP contribution is 2.31. The Hall–Kier alpha value is -1.74. The molecule has 0 radical (unpaired) electrons. The van der Waals surface area contributed by atoms with Gasteiger partial charge in [0.1, 0.15) is 4.21 Å². The zero-order valence-corrected chi connectivity index (χ0v) is 17.9. The molecule has 1 atom stereocenters. The first-order valence-electron chi connectivity index (χ1n) is 10.0. The summed E-state index contributed by atoms with van der Waals surface area (Å²) in [4.78, 5) is 13.2. The number of ether oxygens (including phenoxy) is 1. The van der Waals surface area contributed by atoms with Crippen LogP contribution in [0.2, 0.25) is 0 Å². The minimum atomic E-state index is -3.50. The average Bonchev–Trinajstić information content (AvgIpc) is 3.22. The second-order valence-corrected chi connectivity index (χ2v) is 10.8. The van der Waals surface area contributed by atoms with Gasteiger partial charge in [-0.05, 0) is 42.5 Å². The molecule has 1 aliphatic carbocycles. The van der Waals surface area contributed by atoms with Crippen molar-refractivity contribution in [1.82, 2.24) is 9.62 Å². The fraction of sp³-hybridized carbons (Fsp3) is 0.476. The van der Waals surface area contributed by atoms with Crippen molar-refractivity contribution in [3.63, 3.8) is 0 Å². The molecule has 0 saturated carbocycles. The number of fused-ring (bicyclic) bond motifs is 1. The Morgan fingerprint density at radius 3 is 2.79 bits per heavy atom. The highest BCUT2D eigenvalue weighted by Gasteiger charge is 2.28. The first kappa shape index (κ1) is 20.5. The molecule has 1 amide bonds. The van der Waals surface area contributed by atoms with E-state index in [1.165, 1.54) is 26.8 Å². The van der Waals surface area contributed by atoms with Gasteiger partial charge in [-0.1, -0.05) is 24.3 Å². The summed E-state index contributed by atoms with van der Waals surface area (Å²) in [5, 5.41) is 3.04. The Kier molecular flexibility index (Phi) is 6.34. The van der Waals surface area contributed by atoms with Crippen molar-refractivity contribution in [1.29, 1.82) is 0 Å². The number of benzene rings is 1. The molecule has 156 valence electrons. The molecule has 6 nitrogen and oxygen atoms in total. The van der Waals surface area contributed by atoms with Crippen LogP contribution in [0.25, 0.3) is 0 Å². The predicted molar refractivity (Wildman–Crippen MR) is 113 cm³/mol. The maximum atomic E-state index is 12.7. The molecule has 1 aliphatic heterocycles. The van der Waals surface area contributed by atoms with Gasteiger partial charge in [-0.25, -0.2) is 8.42 Å². The van der Waals surface area contributed by atoms with E-state index in [0.29, 0.717) is 43.0 Å². The average molecular weight is 435 g/mol. The van der Waals surface area contributed by atoms with Crippen LogP contribution in [0.1, 0.15) is 34.8 Å². The summed E-state index contributed by atoms with van der Waals surface area (Å²) < 4.78 is 32.4. The quantitative estimate of drug-likeness (QED) is 0.758. The van der Waals surface area contributed by atoms with E-state index in [0.717, 1.165) is 24.1 Å². The summed E-state index contributed by atoms with van der Waals surface area (Å²) in [5.41, 5.74) is 2.73. The minimum Gasteiger partial charge on any atom is -0.379 e. The largest absolute Gasteiger partial charge is 0.379 e. The van der Waals surface area contributed by atoms with Gasteiger partial charge in [0.15, 0.2) is 0 Å². The van der Waals surface area contributed by atoms with Crippen LogP contribution < -0.4 is 5.32 Å². The number of aryl methyl sites for hydroxylation is 1. The van der Waals surface area contributed by atoms with Gasteiger partial charge in [0.25, 0.3) is 10.0 Å². The molecule has 8 heteroatoms. The highest BCUT2D eigenvalue weighted by atomic mass is 32.2. The monoisotopic (exact) mass is 434 g/mol. The van der Waals surface area contributed by atoms with Gasteiger partial charge in [-0.15, -0.1) is 11.3 Å². The third-order valence-electron chi connectivity index (χ3n) is 5.58. The zero-order valence-electron chi connectivity index (χ0n) is 16.3. The van der Waals surface area contributed by atoms with E-state index >= 15 is 0 Å². The first-order chi connectivity index (χ1) is 14.0. The molecule has 0 unspecified atom stereocenters. The molecule has 2 aliphatic rings. The summed E-state index contributed by atoms with van der Waals surface area (Å²) in [6, 6.07) is 11.8. The van der Waals surface area contributed by atoms with E-state index in [9.17, 15) is 13.2 Å². The van der Waals surface area contributed by atoms with E-state index in [1.807, 2.05) is 0 Å². The van der Waals surface area contributed by atoms with E-state index in [1.54, 1.807) is 12.1 Å². The number of hydrogen-bond donors (Lipinski definition) is 1. The van der Waals surface area contributed by atoms with Crippen LogP contribution >= 0.6 is 11.3 Å². The summed E-state index contributed by atoms with van der Waals surface area (Å²) in [7, 11) is -3.50. The molecule has 1 saturated heterocycles. The second-order valence-electron chi connectivity index (χ2n) is 7.51. The molecule has 4 rings (SSSR count). The van der Waals surface area contributed by atoms with Crippen LogP contribution in [-0.4, -0.2) is 51.5 Å². The normalized spacial score (nSPS) is 20.2. The molecule has 1 aromatic heterocycles. The number of nitrogens with zero attached hydrogens (tertiary/aromatic N) is 1. The SMILES string of the molecule is O=C(Cc1ccc(S(=O)(=O)N2CCOCC2)s1)NC[C@@H]1CCCc2ccccc21. The van der Waals surface area contributed by atoms with Crippen molar-refractivity contribution in [3.8, 4) is 0 Å². The number of rotatable bonds is 6. The smallest absolute Gasteiger partial charge is 0.252 e. The fourth-order valence-corrected chi connectivity index (χ4v) is 6.95. The van der Waals surface area contributed by atoms with Gasteiger partial charge >= 0.3 is 0 Å². The topological polar surface area (TPSA) is 75.7 Å². The molecule has 29 heavy (non-hydrogen) atoms. The van der Waals surface area contributed by atoms with Crippen LogP contribution in [0.3, 0.4) is 0 Å². The summed E-state index contributed by atoms with van der Waals surface area (Å²) in [6.45, 7) is 2.21. The van der Waals surface area contributed by atoms with Crippen molar-refractivity contribution in [2.45, 2.75) is 35.8 Å². The maximum Gasteiger partial charge on any atom is 0.252 e. The highest BCUT2D eigenvalue weighted by molar-refractivity contribution is 7.91. The van der Waals surface area contributed by atoms with Crippen LogP contribution in [0.5, 0.6) is 0 Å². The Morgan fingerprint density at radius 1 is 1.17 bits per heavy atom. The molecule has 2 aromatic rings. The number of sulfonamides is 1. The lowest BCUT2D eigenvalue weighted by atomic mass is 9.83. The summed E-state index contributed by atoms with van der Waals surface area (Å²) >= 11 is 1.18. The van der Waals surface area contributed by atoms with Gasteiger partial charge < -0.3 is 10.1 Å². The van der Waals surface area contributed by atoms with Gasteiger partial charge in [0, 0.05) is 30.4 Å². The van der Waals surface area contributed by atoms with E-state index < -0.39 is 10.0 Å². The number of morpholine rings is 1. The van der Waals surface area contributed by atoms with Crippen molar-refractivity contribution in [2.24, 2.45) is 0 Å². The van der Waals surface area contributed by atoms with E-state index in [2.05, 4.69) is 29.6 Å². The Morgan fingerprint density at radius 2 is 1.97 bits per heavy atom. The van der Waals surface area contributed by atoms with E-state index in [-0.39, 0.29) is 12.3 Å². The van der Waals surface area contributed by atoms with E-state index in [4.69, 9.17) is 4.74 Å². The molecule has 0 bridgehead atoms. The van der Waals surface area contributed by atoms with Crippen molar-refractivity contribution in [3.05, 3.63) is 52.4 Å². The lowest BCUT2D eigenvalue weighted by Gasteiger charge is -2.25. The fourth-order valence-electron chi connectivity index (χ4n) is 4.03. The Bertz CT molecular complexity index is 965. The number of thiophene rings is 1. The van der Waals surface area contributed by atoms with Crippen molar-refractivity contribution < 1.29 is 17.9 Å². The zero-order chi connectivity index (χ0) is 20.3. The number of nitrogens with one attached hydrogen (secondary N) is 1. The molecular formula is C21H26N2O4S2. The van der Waals surface area contributed by atoms with Crippen LogP contribution in [0.15, 0.2) is 40.6 Å². The second kappa shape index (κ2) is 8.95.